The predicted octanol–water partition coefficient (Wildman–Crippen LogP) is 3.47. The molecule has 14 heteroatoms. The average molecular weight is 537 g/mol. The average Bonchev–Trinajstić information content (AvgIpc) is 3.43. The zero-order valence-electron chi connectivity index (χ0n) is 20.8. The minimum absolute atomic E-state index is 0.0112. The van der Waals surface area contributed by atoms with Crippen molar-refractivity contribution in [1.29, 1.82) is 0 Å². The van der Waals surface area contributed by atoms with Crippen molar-refractivity contribution in [3.05, 3.63) is 39.8 Å². The van der Waals surface area contributed by atoms with Crippen molar-refractivity contribution in [3.8, 4) is 5.75 Å². The number of fused-ring (bicyclic) bond motifs is 1. The number of carbonyl (C=O) groups is 1. The smallest absolute Gasteiger partial charge is 0.410 e. The Morgan fingerprint density at radius 2 is 2.00 bits per heavy atom. The van der Waals surface area contributed by atoms with Crippen LogP contribution in [-0.2, 0) is 11.3 Å². The quantitative estimate of drug-likeness (QED) is 0.335. The highest BCUT2D eigenvalue weighted by atomic mass is 35.5. The minimum atomic E-state index is -0.831. The highest BCUT2D eigenvalue weighted by molar-refractivity contribution is 6.28. The van der Waals surface area contributed by atoms with E-state index in [1.807, 2.05) is 25.7 Å². The number of anilines is 1. The maximum absolute atomic E-state index is 12.3. The number of hydrogen-bond donors (Lipinski definition) is 1. The number of aliphatic hydroxyl groups excluding tert-OH is 1. The van der Waals surface area contributed by atoms with E-state index in [2.05, 4.69) is 9.97 Å². The Labute approximate surface area is 217 Å². The van der Waals surface area contributed by atoms with Crippen LogP contribution in [0.3, 0.4) is 0 Å². The molecule has 1 aromatic carbocycles. The molecule has 1 atom stereocenters. The number of aromatic nitrogens is 3. The maximum Gasteiger partial charge on any atom is 0.410 e. The molecule has 1 aliphatic heterocycles. The van der Waals surface area contributed by atoms with Gasteiger partial charge in [-0.05, 0) is 60.8 Å². The molecular weight excluding hydrogens is 508 g/mol. The molecule has 4 rings (SSSR count). The molecular formula is C23H29ClN6O7. The number of oxazole rings is 1. The summed E-state index contributed by atoms with van der Waals surface area (Å²) >= 11 is 5.90. The third kappa shape index (κ3) is 6.80. The van der Waals surface area contributed by atoms with Gasteiger partial charge in [0, 0.05) is 38.8 Å². The molecule has 3 heterocycles. The van der Waals surface area contributed by atoms with E-state index in [0.29, 0.717) is 49.0 Å². The van der Waals surface area contributed by atoms with Crippen LogP contribution in [0.25, 0.3) is 11.1 Å². The van der Waals surface area contributed by atoms with Gasteiger partial charge < -0.3 is 38.9 Å². The van der Waals surface area contributed by atoms with Crippen molar-refractivity contribution in [3.63, 3.8) is 0 Å². The topological polar surface area (TPSA) is 149 Å². The highest BCUT2D eigenvalue weighted by Gasteiger charge is 2.27. The second kappa shape index (κ2) is 10.8. The molecule has 0 saturated carbocycles. The number of aliphatic hydroxyl groups is 1. The van der Waals surface area contributed by atoms with E-state index in [1.54, 1.807) is 23.1 Å². The van der Waals surface area contributed by atoms with Gasteiger partial charge in [-0.15, -0.1) is 0 Å². The summed E-state index contributed by atoms with van der Waals surface area (Å²) in [7, 11) is 0. The van der Waals surface area contributed by atoms with Gasteiger partial charge >= 0.3 is 17.2 Å². The molecule has 13 nitrogen and oxygen atoms in total. The van der Waals surface area contributed by atoms with Gasteiger partial charge in [-0.3, -0.25) is 4.57 Å². The molecule has 0 unspecified atom stereocenters. The summed E-state index contributed by atoms with van der Waals surface area (Å²) in [5.41, 5.74) is 0.657. The Morgan fingerprint density at radius 1 is 1.27 bits per heavy atom. The third-order valence-electron chi connectivity index (χ3n) is 5.60. The van der Waals surface area contributed by atoms with Gasteiger partial charge in [0.2, 0.25) is 0 Å². The van der Waals surface area contributed by atoms with E-state index in [4.69, 9.17) is 25.5 Å². The number of halogens is 1. The number of carbonyl (C=O) groups excluding carboxylic acids is 1. The van der Waals surface area contributed by atoms with E-state index in [1.165, 1.54) is 10.8 Å². The number of piperazine rings is 1. The largest absolute Gasteiger partial charge is 0.491 e. The summed E-state index contributed by atoms with van der Waals surface area (Å²) < 4.78 is 18.4. The van der Waals surface area contributed by atoms with E-state index < -0.39 is 16.6 Å². The van der Waals surface area contributed by atoms with Gasteiger partial charge in [0.25, 0.3) is 6.01 Å². The summed E-state index contributed by atoms with van der Waals surface area (Å²) in [5, 5.41) is 21.1. The van der Waals surface area contributed by atoms with E-state index in [9.17, 15) is 20.0 Å². The van der Waals surface area contributed by atoms with E-state index >= 15 is 0 Å². The number of imidazole rings is 1. The van der Waals surface area contributed by atoms with Gasteiger partial charge in [0.05, 0.1) is 6.10 Å². The first kappa shape index (κ1) is 26.5. The van der Waals surface area contributed by atoms with Crippen LogP contribution < -0.4 is 9.64 Å². The lowest BCUT2D eigenvalue weighted by atomic mass is 10.2. The molecule has 0 aliphatic carbocycles. The fraction of sp³-hybridized carbons (Fsp3) is 0.522. The molecule has 1 saturated heterocycles. The molecule has 0 radical (unpaired) electrons. The van der Waals surface area contributed by atoms with Gasteiger partial charge in [-0.2, -0.15) is 4.98 Å². The summed E-state index contributed by atoms with van der Waals surface area (Å²) in [5.74, 6) is 0.165. The van der Waals surface area contributed by atoms with Gasteiger partial charge in [0.15, 0.2) is 5.58 Å². The van der Waals surface area contributed by atoms with Crippen LogP contribution in [0.1, 0.15) is 27.2 Å². The monoisotopic (exact) mass is 536 g/mol. The maximum atomic E-state index is 12.3. The fourth-order valence-electron chi connectivity index (χ4n) is 3.72. The number of nitrogens with zero attached hydrogens (tertiary/aromatic N) is 6. The van der Waals surface area contributed by atoms with Gasteiger partial charge in [-0.25, -0.2) is 4.79 Å². The molecule has 200 valence electrons. The molecule has 2 aromatic heterocycles. The molecule has 37 heavy (non-hydrogen) atoms. The zero-order valence-corrected chi connectivity index (χ0v) is 21.6. The number of hydrogen-bond acceptors (Lipinski definition) is 10. The van der Waals surface area contributed by atoms with Crippen LogP contribution in [0.5, 0.6) is 5.75 Å². The van der Waals surface area contributed by atoms with Gasteiger partial charge in [0.1, 0.15) is 29.7 Å². The number of benzene rings is 1. The molecule has 3 aromatic rings. The van der Waals surface area contributed by atoms with Crippen LogP contribution in [0.2, 0.25) is 5.28 Å². The Kier molecular flexibility index (Phi) is 7.73. The highest BCUT2D eigenvalue weighted by Crippen LogP contribution is 2.27. The van der Waals surface area contributed by atoms with Crippen molar-refractivity contribution in [2.24, 2.45) is 0 Å². The number of ether oxygens (including phenoxy) is 2. The Morgan fingerprint density at radius 3 is 2.65 bits per heavy atom. The first-order valence-electron chi connectivity index (χ1n) is 11.8. The second-order valence-electron chi connectivity index (χ2n) is 9.65. The number of rotatable bonds is 8. The van der Waals surface area contributed by atoms with Crippen molar-refractivity contribution >= 4 is 40.6 Å². The molecule has 1 fully saturated rings. The molecule has 1 N–H and O–H groups in total. The number of nitro groups is 1. The summed E-state index contributed by atoms with van der Waals surface area (Å²) in [6, 6.07) is 5.65. The first-order chi connectivity index (χ1) is 17.5. The van der Waals surface area contributed by atoms with Crippen molar-refractivity contribution in [2.75, 3.05) is 37.7 Å². The Hall–Kier alpha value is -3.58. The lowest BCUT2D eigenvalue weighted by Crippen LogP contribution is -2.50. The normalized spacial score (nSPS) is 15.2. The number of aryl methyl sites for hydroxylation is 1. The molecule has 1 aliphatic rings. The summed E-state index contributed by atoms with van der Waals surface area (Å²) in [4.78, 5) is 34.3. The predicted molar refractivity (Wildman–Crippen MR) is 134 cm³/mol. The van der Waals surface area contributed by atoms with E-state index in [-0.39, 0.29) is 36.8 Å². The standard InChI is InChI=1S/C23H29ClN6O7/c1-23(2,3)37-22(32)28-10-8-27(9-11-28)21-25-17-12-16(4-5-18(17)36-21)35-14-15(31)6-7-29-13-19(30(33)34)26-20(29)24/h4-5,12-13,15,31H,6-11,14H2,1-3H3/t15-/m0/s1. The zero-order chi connectivity index (χ0) is 26.7. The van der Waals surface area contributed by atoms with Crippen LogP contribution in [0.15, 0.2) is 28.8 Å². The Bertz CT molecular complexity index is 1260. The SMILES string of the molecule is CC(C)(C)OC(=O)N1CCN(c2nc3cc(OC[C@@H](O)CCn4cc([N+](=O)[O-])nc4Cl)ccc3o2)CC1. The Balaban J connectivity index is 1.28. The van der Waals surface area contributed by atoms with Crippen molar-refractivity contribution < 1.29 is 28.7 Å². The lowest BCUT2D eigenvalue weighted by molar-refractivity contribution is -0.389. The van der Waals surface area contributed by atoms with Crippen LogP contribution in [-0.4, -0.2) is 80.0 Å². The molecule has 0 spiro atoms. The van der Waals surface area contributed by atoms with E-state index in [0.717, 1.165) is 0 Å². The van der Waals surface area contributed by atoms with Crippen LogP contribution in [0, 0.1) is 10.1 Å². The van der Waals surface area contributed by atoms with Crippen LogP contribution >= 0.6 is 11.6 Å². The second-order valence-corrected chi connectivity index (χ2v) is 9.99. The van der Waals surface area contributed by atoms with Crippen molar-refractivity contribution in [2.45, 2.75) is 45.4 Å². The molecule has 1 amide bonds. The lowest BCUT2D eigenvalue weighted by Gasteiger charge is -2.34. The van der Waals surface area contributed by atoms with Gasteiger partial charge in [-0.1, -0.05) is 0 Å². The first-order valence-corrected chi connectivity index (χ1v) is 12.2. The van der Waals surface area contributed by atoms with Crippen molar-refractivity contribution in [1.82, 2.24) is 19.4 Å². The summed E-state index contributed by atoms with van der Waals surface area (Å²) in [6.45, 7) is 7.89. The minimum Gasteiger partial charge on any atom is -0.491 e. The molecule has 0 bridgehead atoms. The fourth-order valence-corrected chi connectivity index (χ4v) is 3.94. The third-order valence-corrected chi connectivity index (χ3v) is 5.90. The van der Waals surface area contributed by atoms with Crippen LogP contribution in [0.4, 0.5) is 16.6 Å². The number of amides is 1. The summed E-state index contributed by atoms with van der Waals surface area (Å²) in [6.07, 6.45) is 0.327.